The van der Waals surface area contributed by atoms with Crippen LogP contribution in [0, 0.1) is 5.92 Å². The lowest BCUT2D eigenvalue weighted by Crippen LogP contribution is -2.42. The van der Waals surface area contributed by atoms with Crippen molar-refractivity contribution in [3.8, 4) is 0 Å². The summed E-state index contributed by atoms with van der Waals surface area (Å²) in [6, 6.07) is 9.37. The lowest BCUT2D eigenvalue weighted by Gasteiger charge is -2.34. The number of nitrogens with one attached hydrogen (secondary N) is 1. The van der Waals surface area contributed by atoms with Crippen LogP contribution in [0.15, 0.2) is 24.3 Å². The predicted molar refractivity (Wildman–Crippen MR) is 90.4 cm³/mol. The molecule has 1 aromatic rings. The van der Waals surface area contributed by atoms with Crippen molar-refractivity contribution >= 4 is 0 Å². The highest BCUT2D eigenvalue weighted by Gasteiger charge is 2.22. The van der Waals surface area contributed by atoms with Crippen LogP contribution in [0.5, 0.6) is 0 Å². The maximum atomic E-state index is 3.76. The van der Waals surface area contributed by atoms with Gasteiger partial charge in [0.1, 0.15) is 0 Å². The zero-order valence-corrected chi connectivity index (χ0v) is 14.1. The summed E-state index contributed by atoms with van der Waals surface area (Å²) >= 11 is 0. The third kappa shape index (κ3) is 5.10. The summed E-state index contributed by atoms with van der Waals surface area (Å²) < 4.78 is 0. The number of nitrogens with zero attached hydrogens (tertiary/aromatic N) is 2. The van der Waals surface area contributed by atoms with Gasteiger partial charge < -0.3 is 15.1 Å². The van der Waals surface area contributed by atoms with Crippen molar-refractivity contribution in [2.75, 3.05) is 34.2 Å². The molecule has 3 heteroatoms. The molecule has 1 fully saturated rings. The molecule has 2 atom stereocenters. The van der Waals surface area contributed by atoms with Crippen molar-refractivity contribution < 1.29 is 0 Å². The van der Waals surface area contributed by atoms with E-state index in [0.717, 1.165) is 19.0 Å². The number of hydrogen-bond acceptors (Lipinski definition) is 3. The first-order chi connectivity index (χ1) is 10.1. The second-order valence-electron chi connectivity index (χ2n) is 6.84. The highest BCUT2D eigenvalue weighted by Crippen LogP contribution is 2.19. The molecule has 0 bridgehead atoms. The maximum Gasteiger partial charge on any atom is 0.0230 e. The van der Waals surface area contributed by atoms with Crippen LogP contribution in [0.4, 0.5) is 0 Å². The Labute approximate surface area is 130 Å². The molecule has 0 aliphatic carbocycles. The minimum Gasteiger partial charge on any atom is -0.310 e. The Bertz CT molecular complexity index is 430. The van der Waals surface area contributed by atoms with Crippen molar-refractivity contribution in [1.29, 1.82) is 0 Å². The van der Waals surface area contributed by atoms with Crippen LogP contribution in [0.25, 0.3) is 0 Å². The van der Waals surface area contributed by atoms with Gasteiger partial charge in [0.2, 0.25) is 0 Å². The molecule has 2 rings (SSSR count). The molecule has 0 spiro atoms. The highest BCUT2D eigenvalue weighted by molar-refractivity contribution is 5.27. The van der Waals surface area contributed by atoms with Gasteiger partial charge in [0, 0.05) is 25.7 Å². The van der Waals surface area contributed by atoms with Gasteiger partial charge >= 0.3 is 0 Å². The molecule has 1 aliphatic rings. The van der Waals surface area contributed by atoms with Crippen LogP contribution in [0.3, 0.4) is 0 Å². The van der Waals surface area contributed by atoms with Crippen molar-refractivity contribution in [2.24, 2.45) is 5.92 Å². The summed E-state index contributed by atoms with van der Waals surface area (Å²) in [7, 11) is 6.50. The van der Waals surface area contributed by atoms with E-state index in [9.17, 15) is 0 Å². The molecule has 3 nitrogen and oxygen atoms in total. The zero-order valence-electron chi connectivity index (χ0n) is 14.1. The van der Waals surface area contributed by atoms with E-state index in [1.165, 1.54) is 37.1 Å². The predicted octanol–water partition coefficient (Wildman–Crippen LogP) is 2.57. The van der Waals surface area contributed by atoms with Gasteiger partial charge in [0.25, 0.3) is 0 Å². The molecule has 1 N–H and O–H groups in total. The molecule has 21 heavy (non-hydrogen) atoms. The second-order valence-corrected chi connectivity index (χ2v) is 6.84. The van der Waals surface area contributed by atoms with Crippen LogP contribution >= 0.6 is 0 Å². The number of hydrogen-bond donors (Lipinski definition) is 1. The Balaban J connectivity index is 1.90. The molecule has 0 amide bonds. The first-order valence-corrected chi connectivity index (χ1v) is 8.19. The van der Waals surface area contributed by atoms with Crippen molar-refractivity contribution in [3.05, 3.63) is 35.4 Å². The standard InChI is InChI=1S/C18H31N3/c1-15(17-10-7-11-21(4)14-17)19-12-16-8-5-6-9-18(16)13-20(2)3/h5-6,8-9,15,17,19H,7,10-14H2,1-4H3. The molecule has 1 heterocycles. The Kier molecular flexibility index (Phi) is 6.22. The molecule has 0 aromatic heterocycles. The summed E-state index contributed by atoms with van der Waals surface area (Å²) in [5.41, 5.74) is 2.87. The van der Waals surface area contributed by atoms with Crippen LogP contribution in [0.1, 0.15) is 30.9 Å². The van der Waals surface area contributed by atoms with Crippen molar-refractivity contribution in [2.45, 2.75) is 38.9 Å². The van der Waals surface area contributed by atoms with E-state index in [1.54, 1.807) is 0 Å². The minimum atomic E-state index is 0.583. The third-order valence-corrected chi connectivity index (χ3v) is 4.59. The molecule has 1 saturated heterocycles. The van der Waals surface area contributed by atoms with E-state index in [0.29, 0.717) is 6.04 Å². The SMILES string of the molecule is CC(NCc1ccccc1CN(C)C)C1CCCN(C)C1. The van der Waals surface area contributed by atoms with E-state index < -0.39 is 0 Å². The Morgan fingerprint density at radius 3 is 2.67 bits per heavy atom. The Hall–Kier alpha value is -0.900. The van der Waals surface area contributed by atoms with Gasteiger partial charge in [-0.3, -0.25) is 0 Å². The van der Waals surface area contributed by atoms with Crippen molar-refractivity contribution in [3.63, 3.8) is 0 Å². The number of piperidine rings is 1. The molecule has 2 unspecified atom stereocenters. The number of rotatable bonds is 6. The van der Waals surface area contributed by atoms with Gasteiger partial charge in [-0.2, -0.15) is 0 Å². The lowest BCUT2D eigenvalue weighted by atomic mass is 9.91. The molecular weight excluding hydrogens is 258 g/mol. The van der Waals surface area contributed by atoms with E-state index in [-0.39, 0.29) is 0 Å². The average Bonchev–Trinajstić information content (AvgIpc) is 2.45. The van der Waals surface area contributed by atoms with Gasteiger partial charge in [0.15, 0.2) is 0 Å². The normalized spacial score (nSPS) is 21.7. The highest BCUT2D eigenvalue weighted by atomic mass is 15.1. The summed E-state index contributed by atoms with van der Waals surface area (Å²) in [5.74, 6) is 0.782. The summed E-state index contributed by atoms with van der Waals surface area (Å²) in [6.45, 7) is 6.82. The Morgan fingerprint density at radius 2 is 2.00 bits per heavy atom. The van der Waals surface area contributed by atoms with Gasteiger partial charge in [-0.25, -0.2) is 0 Å². The van der Waals surface area contributed by atoms with E-state index in [2.05, 4.69) is 67.4 Å². The minimum absolute atomic E-state index is 0.583. The molecule has 0 saturated carbocycles. The first-order valence-electron chi connectivity index (χ1n) is 8.19. The fourth-order valence-corrected chi connectivity index (χ4v) is 3.28. The molecular formula is C18H31N3. The number of likely N-dealkylation sites (tertiary alicyclic amines) is 1. The maximum absolute atomic E-state index is 3.76. The first kappa shape index (κ1) is 16.5. The summed E-state index contributed by atoms with van der Waals surface area (Å²) in [5, 5.41) is 3.76. The average molecular weight is 289 g/mol. The molecule has 0 radical (unpaired) electrons. The van der Waals surface area contributed by atoms with Crippen LogP contribution in [0.2, 0.25) is 0 Å². The topological polar surface area (TPSA) is 18.5 Å². The van der Waals surface area contributed by atoms with E-state index in [1.807, 2.05) is 0 Å². The smallest absolute Gasteiger partial charge is 0.0230 e. The second kappa shape index (κ2) is 7.92. The monoisotopic (exact) mass is 289 g/mol. The van der Waals surface area contributed by atoms with Gasteiger partial charge in [0.05, 0.1) is 0 Å². The van der Waals surface area contributed by atoms with Gasteiger partial charge in [-0.05, 0) is 64.5 Å². The molecule has 118 valence electrons. The van der Waals surface area contributed by atoms with Crippen molar-refractivity contribution in [1.82, 2.24) is 15.1 Å². The molecule has 1 aromatic carbocycles. The zero-order chi connectivity index (χ0) is 15.2. The van der Waals surface area contributed by atoms with Gasteiger partial charge in [-0.1, -0.05) is 24.3 Å². The van der Waals surface area contributed by atoms with Gasteiger partial charge in [-0.15, -0.1) is 0 Å². The van der Waals surface area contributed by atoms with E-state index >= 15 is 0 Å². The third-order valence-electron chi connectivity index (χ3n) is 4.59. The largest absolute Gasteiger partial charge is 0.310 e. The van der Waals surface area contributed by atoms with E-state index in [4.69, 9.17) is 0 Å². The fourth-order valence-electron chi connectivity index (χ4n) is 3.28. The lowest BCUT2D eigenvalue weighted by molar-refractivity contribution is 0.178. The molecule has 1 aliphatic heterocycles. The van der Waals surface area contributed by atoms with Crippen LogP contribution < -0.4 is 5.32 Å². The quantitative estimate of drug-likeness (QED) is 0.868. The summed E-state index contributed by atoms with van der Waals surface area (Å²) in [6.07, 6.45) is 2.70. The fraction of sp³-hybridized carbons (Fsp3) is 0.667. The number of benzene rings is 1. The summed E-state index contributed by atoms with van der Waals surface area (Å²) in [4.78, 5) is 4.70. The Morgan fingerprint density at radius 1 is 1.29 bits per heavy atom. The van der Waals surface area contributed by atoms with Crippen LogP contribution in [-0.4, -0.2) is 50.1 Å². The van der Waals surface area contributed by atoms with Crippen LogP contribution in [-0.2, 0) is 13.1 Å².